The van der Waals surface area contributed by atoms with Gasteiger partial charge in [0.25, 0.3) is 0 Å². The Labute approximate surface area is 111 Å². The molecule has 0 saturated heterocycles. The monoisotopic (exact) mass is 249 g/mol. The lowest BCUT2D eigenvalue weighted by Gasteiger charge is -2.37. The van der Waals surface area contributed by atoms with Crippen LogP contribution < -0.4 is 5.32 Å². The summed E-state index contributed by atoms with van der Waals surface area (Å²) in [5.74, 6) is 1.93. The second kappa shape index (κ2) is 5.43. The molecule has 2 rings (SSSR count). The summed E-state index contributed by atoms with van der Waals surface area (Å²) in [6.07, 6.45) is 9.02. The predicted molar refractivity (Wildman–Crippen MR) is 75.3 cm³/mol. The maximum absolute atomic E-state index is 4.32. The van der Waals surface area contributed by atoms with Crippen molar-refractivity contribution in [3.63, 3.8) is 0 Å². The van der Waals surface area contributed by atoms with E-state index in [0.717, 1.165) is 11.7 Å². The van der Waals surface area contributed by atoms with Gasteiger partial charge >= 0.3 is 0 Å². The third-order valence-electron chi connectivity index (χ3n) is 4.37. The number of aromatic amines is 1. The molecule has 1 unspecified atom stereocenters. The van der Waals surface area contributed by atoms with Crippen LogP contribution in [0.3, 0.4) is 0 Å². The quantitative estimate of drug-likeness (QED) is 0.858. The Morgan fingerprint density at radius 1 is 1.28 bits per heavy atom. The average molecular weight is 249 g/mol. The van der Waals surface area contributed by atoms with Crippen LogP contribution in [-0.2, 0) is 0 Å². The molecule has 1 aromatic rings. The Bertz CT molecular complexity index is 342. The fourth-order valence-corrected chi connectivity index (χ4v) is 3.07. The number of nitrogens with zero attached hydrogens (tertiary/aromatic N) is 1. The third-order valence-corrected chi connectivity index (χ3v) is 4.37. The molecule has 1 aromatic heterocycles. The molecular formula is C15H27N3. The Hall–Kier alpha value is -0.830. The number of H-pyrrole nitrogens is 1. The molecule has 2 N–H and O–H groups in total. The summed E-state index contributed by atoms with van der Waals surface area (Å²) >= 11 is 0. The maximum Gasteiger partial charge on any atom is 0.122 e. The minimum Gasteiger partial charge on any atom is -0.347 e. The fraction of sp³-hybridized carbons (Fsp3) is 0.800. The number of hydrogen-bond donors (Lipinski definition) is 2. The zero-order chi connectivity index (χ0) is 13.2. The fourth-order valence-electron chi connectivity index (χ4n) is 3.07. The van der Waals surface area contributed by atoms with Crippen molar-refractivity contribution in [1.29, 1.82) is 0 Å². The van der Waals surface area contributed by atoms with E-state index in [0.29, 0.717) is 17.5 Å². The standard InChI is InChI=1S/C15H27N3/c1-11(14-16-9-10-17-14)18-13-7-5-12(6-8-13)15(2,3)4/h9-13,18H,5-8H2,1-4H3,(H,16,17). The predicted octanol–water partition coefficient (Wildman–Crippen LogP) is 3.67. The summed E-state index contributed by atoms with van der Waals surface area (Å²) in [5, 5.41) is 3.70. The Morgan fingerprint density at radius 3 is 2.44 bits per heavy atom. The van der Waals surface area contributed by atoms with Gasteiger partial charge in [0.1, 0.15) is 5.82 Å². The van der Waals surface area contributed by atoms with Crippen LogP contribution in [0.1, 0.15) is 65.2 Å². The first kappa shape index (κ1) is 13.6. The molecule has 1 saturated carbocycles. The number of hydrogen-bond acceptors (Lipinski definition) is 2. The van der Waals surface area contributed by atoms with E-state index in [1.54, 1.807) is 0 Å². The highest BCUT2D eigenvalue weighted by atomic mass is 15.0. The number of imidazole rings is 1. The second-order valence-corrected chi connectivity index (χ2v) is 6.78. The maximum atomic E-state index is 4.32. The van der Waals surface area contributed by atoms with Crippen LogP contribution in [0.4, 0.5) is 0 Å². The molecule has 0 amide bonds. The van der Waals surface area contributed by atoms with Gasteiger partial charge in [-0.05, 0) is 43.9 Å². The summed E-state index contributed by atoms with van der Waals surface area (Å²) in [7, 11) is 0. The number of rotatable bonds is 3. The van der Waals surface area contributed by atoms with Gasteiger partial charge in [0.15, 0.2) is 0 Å². The van der Waals surface area contributed by atoms with Gasteiger partial charge in [0.2, 0.25) is 0 Å². The van der Waals surface area contributed by atoms with Crippen LogP contribution in [0.15, 0.2) is 12.4 Å². The first-order chi connectivity index (χ1) is 8.47. The summed E-state index contributed by atoms with van der Waals surface area (Å²) in [4.78, 5) is 7.50. The van der Waals surface area contributed by atoms with Crippen molar-refractivity contribution in [1.82, 2.24) is 15.3 Å². The van der Waals surface area contributed by atoms with Crippen molar-refractivity contribution in [2.75, 3.05) is 0 Å². The average Bonchev–Trinajstić information content (AvgIpc) is 2.82. The molecule has 0 radical (unpaired) electrons. The van der Waals surface area contributed by atoms with Crippen LogP contribution in [0.5, 0.6) is 0 Å². The normalized spacial score (nSPS) is 27.1. The molecule has 18 heavy (non-hydrogen) atoms. The van der Waals surface area contributed by atoms with Crippen molar-refractivity contribution in [3.8, 4) is 0 Å². The van der Waals surface area contributed by atoms with Gasteiger partial charge in [-0.25, -0.2) is 4.98 Å². The van der Waals surface area contributed by atoms with Gasteiger partial charge in [-0.3, -0.25) is 0 Å². The Balaban J connectivity index is 1.80. The van der Waals surface area contributed by atoms with Crippen LogP contribution in [0.25, 0.3) is 0 Å². The van der Waals surface area contributed by atoms with Crippen molar-refractivity contribution in [2.24, 2.45) is 11.3 Å². The smallest absolute Gasteiger partial charge is 0.122 e. The molecule has 1 aliphatic rings. The van der Waals surface area contributed by atoms with Gasteiger partial charge in [-0.2, -0.15) is 0 Å². The minimum absolute atomic E-state index is 0.330. The second-order valence-electron chi connectivity index (χ2n) is 6.78. The summed E-state index contributed by atoms with van der Waals surface area (Å²) in [6, 6.07) is 0.986. The van der Waals surface area contributed by atoms with E-state index in [-0.39, 0.29) is 0 Å². The lowest BCUT2D eigenvalue weighted by Crippen LogP contribution is -2.37. The third kappa shape index (κ3) is 3.35. The van der Waals surface area contributed by atoms with Gasteiger partial charge < -0.3 is 10.3 Å². The Kier molecular flexibility index (Phi) is 4.10. The van der Waals surface area contributed by atoms with E-state index in [9.17, 15) is 0 Å². The van der Waals surface area contributed by atoms with Crippen molar-refractivity contribution in [2.45, 2.75) is 65.5 Å². The highest BCUT2D eigenvalue weighted by Crippen LogP contribution is 2.38. The molecule has 1 aliphatic carbocycles. The zero-order valence-corrected chi connectivity index (χ0v) is 12.2. The largest absolute Gasteiger partial charge is 0.347 e. The summed E-state index contributed by atoms with van der Waals surface area (Å²) < 4.78 is 0. The first-order valence-corrected chi connectivity index (χ1v) is 7.22. The lowest BCUT2D eigenvalue weighted by molar-refractivity contribution is 0.156. The topological polar surface area (TPSA) is 40.7 Å². The van der Waals surface area contributed by atoms with Crippen molar-refractivity contribution < 1.29 is 0 Å². The highest BCUT2D eigenvalue weighted by Gasteiger charge is 2.30. The molecule has 0 spiro atoms. The molecule has 0 aliphatic heterocycles. The van der Waals surface area contributed by atoms with Gasteiger partial charge in [0, 0.05) is 18.4 Å². The molecule has 3 heteroatoms. The lowest BCUT2D eigenvalue weighted by atomic mass is 9.71. The summed E-state index contributed by atoms with van der Waals surface area (Å²) in [5.41, 5.74) is 0.470. The molecule has 0 aromatic carbocycles. The molecule has 102 valence electrons. The highest BCUT2D eigenvalue weighted by molar-refractivity contribution is 4.95. The molecule has 3 nitrogen and oxygen atoms in total. The first-order valence-electron chi connectivity index (χ1n) is 7.22. The Morgan fingerprint density at radius 2 is 1.94 bits per heavy atom. The van der Waals surface area contributed by atoms with Crippen molar-refractivity contribution >= 4 is 0 Å². The van der Waals surface area contributed by atoms with Crippen LogP contribution >= 0.6 is 0 Å². The number of nitrogens with one attached hydrogen (secondary N) is 2. The molecule has 1 atom stereocenters. The molecular weight excluding hydrogens is 222 g/mol. The van der Waals surface area contributed by atoms with E-state index < -0.39 is 0 Å². The number of aromatic nitrogens is 2. The van der Waals surface area contributed by atoms with Crippen LogP contribution in [0, 0.1) is 11.3 Å². The molecule has 1 heterocycles. The van der Waals surface area contributed by atoms with E-state index >= 15 is 0 Å². The van der Waals surface area contributed by atoms with Gasteiger partial charge in [-0.1, -0.05) is 20.8 Å². The van der Waals surface area contributed by atoms with Crippen LogP contribution in [0.2, 0.25) is 0 Å². The van der Waals surface area contributed by atoms with Gasteiger partial charge in [0.05, 0.1) is 6.04 Å². The van der Waals surface area contributed by atoms with E-state index in [1.807, 2.05) is 12.4 Å². The van der Waals surface area contributed by atoms with Crippen LogP contribution in [-0.4, -0.2) is 16.0 Å². The summed E-state index contributed by atoms with van der Waals surface area (Å²) in [6.45, 7) is 9.30. The van der Waals surface area contributed by atoms with E-state index in [1.165, 1.54) is 25.7 Å². The molecule has 0 bridgehead atoms. The van der Waals surface area contributed by atoms with E-state index in [2.05, 4.69) is 43.0 Å². The SMILES string of the molecule is CC(NC1CCC(C(C)(C)C)CC1)c1ncc[nH]1. The minimum atomic E-state index is 0.330. The van der Waals surface area contributed by atoms with Crippen molar-refractivity contribution in [3.05, 3.63) is 18.2 Å². The van der Waals surface area contributed by atoms with Gasteiger partial charge in [-0.15, -0.1) is 0 Å². The zero-order valence-electron chi connectivity index (χ0n) is 12.2. The molecule has 1 fully saturated rings. The van der Waals surface area contributed by atoms with E-state index in [4.69, 9.17) is 0 Å².